The van der Waals surface area contributed by atoms with E-state index in [0.717, 1.165) is 60.4 Å². The van der Waals surface area contributed by atoms with Crippen LogP contribution in [0.5, 0.6) is 0 Å². The number of amides is 4. The summed E-state index contributed by atoms with van der Waals surface area (Å²) in [5.41, 5.74) is 11.8. The van der Waals surface area contributed by atoms with Crippen LogP contribution in [0.4, 0.5) is 9.59 Å². The maximum Gasteiger partial charge on any atom is 0.407 e. The van der Waals surface area contributed by atoms with E-state index in [1.807, 2.05) is 45.0 Å². The fraction of sp³-hybridized carbons (Fsp3) is 0.472. The number of methoxy groups -OCH3 is 2. The lowest BCUT2D eigenvalue weighted by Gasteiger charge is -2.31. The summed E-state index contributed by atoms with van der Waals surface area (Å²) in [5, 5.41) is 8.62. The molecule has 4 aliphatic carbocycles. The molecule has 3 heterocycles. The van der Waals surface area contributed by atoms with Crippen molar-refractivity contribution >= 4 is 24.0 Å². The summed E-state index contributed by atoms with van der Waals surface area (Å²) in [6.07, 6.45) is 11.0. The van der Waals surface area contributed by atoms with Crippen molar-refractivity contribution in [2.24, 2.45) is 23.7 Å². The van der Waals surface area contributed by atoms with Gasteiger partial charge in [-0.05, 0) is 119 Å². The van der Waals surface area contributed by atoms with Crippen LogP contribution in [0, 0.1) is 23.7 Å². The number of nitrogens with one attached hydrogen (secondary N) is 5. The van der Waals surface area contributed by atoms with Crippen LogP contribution in [0.25, 0.3) is 44.8 Å². The number of rotatable bonds is 15. The maximum absolute atomic E-state index is 13.9. The van der Waals surface area contributed by atoms with Gasteiger partial charge in [0.1, 0.15) is 23.7 Å². The SMILES string of the molecule is COC(=O)NC(C(=O)N1C2CC2C[C@H]1c1ncc(-c2ccc(-c3ccc(-c4ccc(-c5cnc([C@H](CC6CC6)NC(=O)[C@@H](NC(=O)OC)C(C)C)[nH]5)cc4)c4c3C3CCC4C3)cc2)[nH]1)C(C)C. The van der Waals surface area contributed by atoms with Crippen molar-refractivity contribution in [3.8, 4) is 44.8 Å². The molecule has 0 spiro atoms. The molecule has 2 aromatic heterocycles. The summed E-state index contributed by atoms with van der Waals surface area (Å²) in [4.78, 5) is 70.1. The molecule has 67 heavy (non-hydrogen) atoms. The molecule has 4 fully saturated rings. The summed E-state index contributed by atoms with van der Waals surface area (Å²) in [6, 6.07) is 20.4. The van der Waals surface area contributed by atoms with Gasteiger partial charge in [-0.15, -0.1) is 0 Å². The zero-order chi connectivity index (χ0) is 46.7. The molecule has 5 unspecified atom stereocenters. The Bertz CT molecular complexity index is 2670. The van der Waals surface area contributed by atoms with Gasteiger partial charge < -0.3 is 40.3 Å². The Morgan fingerprint density at radius 1 is 0.657 bits per heavy atom. The summed E-state index contributed by atoms with van der Waals surface area (Å²) in [7, 11) is 2.61. The van der Waals surface area contributed by atoms with Gasteiger partial charge in [0.15, 0.2) is 0 Å². The average molecular weight is 907 g/mol. The van der Waals surface area contributed by atoms with Gasteiger partial charge in [0.2, 0.25) is 11.8 Å². The minimum Gasteiger partial charge on any atom is -0.453 e. The Morgan fingerprint density at radius 2 is 1.19 bits per heavy atom. The first kappa shape index (κ1) is 44.4. The topological polar surface area (TPSA) is 183 Å². The first-order valence-electron chi connectivity index (χ1n) is 24.2. The van der Waals surface area contributed by atoms with Crippen molar-refractivity contribution in [1.82, 2.24) is 40.8 Å². The van der Waals surface area contributed by atoms with Gasteiger partial charge in [-0.25, -0.2) is 19.6 Å². The lowest BCUT2D eigenvalue weighted by molar-refractivity contribution is -0.136. The highest BCUT2D eigenvalue weighted by atomic mass is 16.5. The van der Waals surface area contributed by atoms with Gasteiger partial charge in [-0.2, -0.15) is 0 Å². The number of benzene rings is 3. The molecule has 1 saturated heterocycles. The van der Waals surface area contributed by atoms with E-state index in [-0.39, 0.29) is 41.8 Å². The second-order valence-corrected chi connectivity index (χ2v) is 20.2. The highest BCUT2D eigenvalue weighted by Crippen LogP contribution is 2.58. The molecule has 3 aromatic carbocycles. The van der Waals surface area contributed by atoms with E-state index in [9.17, 15) is 19.2 Å². The predicted molar refractivity (Wildman–Crippen MR) is 254 cm³/mol. The molecule has 14 heteroatoms. The van der Waals surface area contributed by atoms with Gasteiger partial charge >= 0.3 is 12.2 Å². The lowest BCUT2D eigenvalue weighted by atomic mass is 9.81. The summed E-state index contributed by atoms with van der Waals surface area (Å²) >= 11 is 0. The van der Waals surface area contributed by atoms with E-state index in [1.165, 1.54) is 66.9 Å². The Morgan fingerprint density at radius 3 is 1.75 bits per heavy atom. The van der Waals surface area contributed by atoms with Gasteiger partial charge in [-0.3, -0.25) is 9.59 Å². The highest BCUT2D eigenvalue weighted by molar-refractivity contribution is 5.88. The second-order valence-electron chi connectivity index (χ2n) is 20.2. The third-order valence-electron chi connectivity index (χ3n) is 15.1. The fourth-order valence-electron chi connectivity index (χ4n) is 11.3. The Balaban J connectivity index is 0.852. The van der Waals surface area contributed by atoms with E-state index in [0.29, 0.717) is 29.5 Å². The number of H-pyrrole nitrogens is 2. The Kier molecular flexibility index (Phi) is 11.9. The lowest BCUT2D eigenvalue weighted by Crippen LogP contribution is -2.52. The van der Waals surface area contributed by atoms with Crippen LogP contribution in [0.15, 0.2) is 73.1 Å². The number of fused-ring (bicyclic) bond motifs is 6. The zero-order valence-electron chi connectivity index (χ0n) is 39.2. The number of carbonyl (C=O) groups is 4. The standard InChI is InChI=1S/C53H62N8O6/c1-27(2)46(59-52(64)66-5)50(62)58-39(21-29-7-8-29)48-54-25-40(56-48)32-13-9-30(10-14-32)37-19-20-38(45-35-18-17-34(22-35)44(37)45)31-11-15-33(16-12-31)41-26-55-49(57-41)43-24-36-23-42(36)61(43)51(63)47(28(3)4)60-53(65)67-6/h9-16,19-20,25-29,34-36,39,42-43,46-47H,7-8,17-18,21-24H2,1-6H3,(H,54,56)(H,55,57)(H,58,62)(H,59,64)(H,60,65)/t34?,35?,36?,39-,42?,43-,46-,47?/m0/s1. The van der Waals surface area contributed by atoms with Crippen LogP contribution in [0.2, 0.25) is 0 Å². The molecule has 5 aliphatic rings. The largest absolute Gasteiger partial charge is 0.453 e. The number of aromatic amines is 2. The number of aromatic nitrogens is 4. The smallest absolute Gasteiger partial charge is 0.407 e. The number of hydrogen-bond acceptors (Lipinski definition) is 8. The Hall–Kier alpha value is -6.44. The maximum atomic E-state index is 13.9. The van der Waals surface area contributed by atoms with E-state index in [2.05, 4.69) is 86.6 Å². The third-order valence-corrected chi connectivity index (χ3v) is 15.1. The molecule has 8 atom stereocenters. The third kappa shape index (κ3) is 8.71. The quantitative estimate of drug-likeness (QED) is 0.0688. The summed E-state index contributed by atoms with van der Waals surface area (Å²) < 4.78 is 9.61. The predicted octanol–water partition coefficient (Wildman–Crippen LogP) is 9.55. The van der Waals surface area contributed by atoms with Crippen LogP contribution in [-0.4, -0.2) is 81.2 Å². The Labute approximate surface area is 391 Å². The molecular weight excluding hydrogens is 845 g/mol. The number of alkyl carbamates (subject to hydrolysis) is 2. The van der Waals surface area contributed by atoms with Gasteiger partial charge in [0.25, 0.3) is 0 Å². The van der Waals surface area contributed by atoms with E-state index >= 15 is 0 Å². The fourth-order valence-corrected chi connectivity index (χ4v) is 11.3. The van der Waals surface area contributed by atoms with Gasteiger partial charge in [0, 0.05) is 6.04 Å². The molecular formula is C53H62N8O6. The molecule has 1 aliphatic heterocycles. The molecule has 0 radical (unpaired) electrons. The van der Waals surface area contributed by atoms with Crippen LogP contribution in [0.1, 0.15) is 126 Å². The van der Waals surface area contributed by atoms with Crippen molar-refractivity contribution in [1.29, 1.82) is 0 Å². The number of imidazole rings is 2. The number of hydrogen-bond donors (Lipinski definition) is 5. The number of ether oxygens (including phenoxy) is 2. The minimum atomic E-state index is -0.727. The number of carbonyl (C=O) groups excluding carboxylic acids is 4. The van der Waals surface area contributed by atoms with Crippen molar-refractivity contribution in [2.75, 3.05) is 14.2 Å². The van der Waals surface area contributed by atoms with Gasteiger partial charge in [-0.1, -0.05) is 101 Å². The van der Waals surface area contributed by atoms with Crippen LogP contribution >= 0.6 is 0 Å². The van der Waals surface area contributed by atoms with Crippen molar-refractivity contribution in [2.45, 2.75) is 121 Å². The van der Waals surface area contributed by atoms with Crippen molar-refractivity contribution in [3.63, 3.8) is 0 Å². The van der Waals surface area contributed by atoms with Gasteiger partial charge in [0.05, 0.1) is 50.1 Å². The van der Waals surface area contributed by atoms with Crippen LogP contribution in [-0.2, 0) is 19.1 Å². The second kappa shape index (κ2) is 18.0. The average Bonchev–Trinajstić information content (AvgIpc) is 3.85. The molecule has 5 N–H and O–H groups in total. The van der Waals surface area contributed by atoms with Crippen LogP contribution < -0.4 is 16.0 Å². The molecule has 14 nitrogen and oxygen atoms in total. The number of piperidine rings is 1. The molecule has 10 rings (SSSR count). The first-order valence-corrected chi connectivity index (χ1v) is 24.2. The summed E-state index contributed by atoms with van der Waals surface area (Å²) in [6.45, 7) is 7.66. The molecule has 3 saturated carbocycles. The molecule has 5 aromatic rings. The highest BCUT2D eigenvalue weighted by Gasteiger charge is 2.56. The van der Waals surface area contributed by atoms with E-state index in [4.69, 9.17) is 19.4 Å². The van der Waals surface area contributed by atoms with Crippen molar-refractivity contribution < 1.29 is 28.7 Å². The number of nitrogens with zero attached hydrogens (tertiary/aromatic N) is 3. The van der Waals surface area contributed by atoms with E-state index < -0.39 is 24.3 Å². The normalized spacial score (nSPS) is 22.5. The van der Waals surface area contributed by atoms with Crippen molar-refractivity contribution in [3.05, 3.63) is 95.8 Å². The molecule has 350 valence electrons. The minimum absolute atomic E-state index is 0.0863. The molecule has 4 amide bonds. The monoisotopic (exact) mass is 906 g/mol. The van der Waals surface area contributed by atoms with Crippen LogP contribution in [0.3, 0.4) is 0 Å². The molecule has 2 bridgehead atoms. The summed E-state index contributed by atoms with van der Waals surface area (Å²) in [5.74, 6) is 3.00. The first-order chi connectivity index (χ1) is 32.4. The van der Waals surface area contributed by atoms with E-state index in [1.54, 1.807) is 0 Å². The number of likely N-dealkylation sites (tertiary alicyclic amines) is 1. The zero-order valence-corrected chi connectivity index (χ0v) is 39.2.